The summed E-state index contributed by atoms with van der Waals surface area (Å²) >= 11 is 1.79. The fourth-order valence-electron chi connectivity index (χ4n) is 1.94. The Kier molecular flexibility index (Phi) is 5.86. The molecule has 0 aliphatic heterocycles. The topological polar surface area (TPSA) is 20.2 Å². The Morgan fingerprint density at radius 2 is 1.95 bits per heavy atom. The lowest BCUT2D eigenvalue weighted by atomic mass is 10.1. The zero-order valence-corrected chi connectivity index (χ0v) is 12.7. The molecule has 0 spiro atoms. The third kappa shape index (κ3) is 4.63. The molecule has 0 unspecified atom stereocenters. The van der Waals surface area contributed by atoms with Crippen LogP contribution in [0.25, 0.3) is 0 Å². The Bertz CT molecular complexity index is 670. The van der Waals surface area contributed by atoms with Crippen LogP contribution in [-0.4, -0.2) is 11.7 Å². The molecule has 0 amide bonds. The highest BCUT2D eigenvalue weighted by Crippen LogP contribution is 2.21. The molecule has 108 valence electrons. The number of halogens is 1. The highest BCUT2D eigenvalue weighted by molar-refractivity contribution is 7.97. The Hall–Kier alpha value is -1.76. The fraction of sp³-hybridized carbons (Fsp3) is 0.222. The summed E-state index contributed by atoms with van der Waals surface area (Å²) in [7, 11) is 0. The molecule has 1 N–H and O–H groups in total. The van der Waals surface area contributed by atoms with E-state index in [2.05, 4.69) is 30.9 Å². The first-order valence-electron chi connectivity index (χ1n) is 6.71. The number of rotatable bonds is 4. The largest absolute Gasteiger partial charge is 0.384 e. The summed E-state index contributed by atoms with van der Waals surface area (Å²) in [6, 6.07) is 13.3. The van der Waals surface area contributed by atoms with Gasteiger partial charge < -0.3 is 5.11 Å². The van der Waals surface area contributed by atoms with Gasteiger partial charge in [-0.05, 0) is 35.7 Å². The quantitative estimate of drug-likeness (QED) is 0.864. The van der Waals surface area contributed by atoms with Gasteiger partial charge in [0.1, 0.15) is 12.4 Å². The molecule has 21 heavy (non-hydrogen) atoms. The molecule has 3 heteroatoms. The predicted octanol–water partition coefficient (Wildman–Crippen LogP) is 3.91. The number of aliphatic hydroxyl groups excluding tert-OH is 1. The molecule has 0 radical (unpaired) electrons. The first-order valence-corrected chi connectivity index (χ1v) is 7.86. The molecule has 2 rings (SSSR count). The standard InChI is InChI=1S/C18H17FOS/c1-14-5-2-3-6-17(14)13-21-12-15-8-9-18(19)16(11-15)7-4-10-20/h2-3,5-6,8-9,11,20H,10,12-13H2,1H3. The minimum absolute atomic E-state index is 0.258. The summed E-state index contributed by atoms with van der Waals surface area (Å²) in [6.07, 6.45) is 0. The molecule has 2 aromatic rings. The number of aryl methyl sites for hydroxylation is 1. The van der Waals surface area contributed by atoms with Crippen LogP contribution in [0.3, 0.4) is 0 Å². The fourth-order valence-corrected chi connectivity index (χ4v) is 3.00. The van der Waals surface area contributed by atoms with Crippen molar-refractivity contribution < 1.29 is 9.50 Å². The van der Waals surface area contributed by atoms with Gasteiger partial charge in [0.05, 0.1) is 5.56 Å². The van der Waals surface area contributed by atoms with E-state index in [4.69, 9.17) is 5.11 Å². The van der Waals surface area contributed by atoms with Crippen LogP contribution in [0.2, 0.25) is 0 Å². The van der Waals surface area contributed by atoms with Crippen molar-refractivity contribution in [2.24, 2.45) is 0 Å². The van der Waals surface area contributed by atoms with Crippen molar-refractivity contribution in [2.75, 3.05) is 6.61 Å². The van der Waals surface area contributed by atoms with Crippen molar-refractivity contribution in [1.82, 2.24) is 0 Å². The molecule has 0 aliphatic rings. The van der Waals surface area contributed by atoms with Crippen molar-refractivity contribution in [3.63, 3.8) is 0 Å². The lowest BCUT2D eigenvalue weighted by molar-refractivity contribution is 0.350. The maximum absolute atomic E-state index is 13.5. The molecule has 0 aromatic heterocycles. The van der Waals surface area contributed by atoms with Crippen LogP contribution in [0.1, 0.15) is 22.3 Å². The van der Waals surface area contributed by atoms with Gasteiger partial charge in [-0.25, -0.2) is 4.39 Å². The van der Waals surface area contributed by atoms with Crippen LogP contribution in [0.4, 0.5) is 4.39 Å². The Morgan fingerprint density at radius 3 is 2.71 bits per heavy atom. The second-order valence-electron chi connectivity index (χ2n) is 4.69. The van der Waals surface area contributed by atoms with E-state index in [0.29, 0.717) is 5.56 Å². The van der Waals surface area contributed by atoms with Crippen LogP contribution in [-0.2, 0) is 11.5 Å². The van der Waals surface area contributed by atoms with Crippen molar-refractivity contribution in [3.8, 4) is 11.8 Å². The smallest absolute Gasteiger partial charge is 0.138 e. The minimum Gasteiger partial charge on any atom is -0.384 e. The molecule has 0 bridgehead atoms. The van der Waals surface area contributed by atoms with E-state index in [1.54, 1.807) is 23.9 Å². The highest BCUT2D eigenvalue weighted by Gasteiger charge is 2.03. The van der Waals surface area contributed by atoms with E-state index in [-0.39, 0.29) is 12.4 Å². The lowest BCUT2D eigenvalue weighted by Crippen LogP contribution is -1.90. The van der Waals surface area contributed by atoms with Crippen molar-refractivity contribution in [1.29, 1.82) is 0 Å². The van der Waals surface area contributed by atoms with Gasteiger partial charge >= 0.3 is 0 Å². The van der Waals surface area contributed by atoms with Gasteiger partial charge in [0.25, 0.3) is 0 Å². The lowest BCUT2D eigenvalue weighted by Gasteiger charge is -2.06. The predicted molar refractivity (Wildman–Crippen MR) is 86.5 cm³/mol. The molecule has 1 nitrogen and oxygen atoms in total. The molecule has 0 saturated heterocycles. The third-order valence-electron chi connectivity index (χ3n) is 3.12. The number of thioether (sulfide) groups is 1. The molecule has 0 saturated carbocycles. The monoisotopic (exact) mass is 300 g/mol. The summed E-state index contributed by atoms with van der Waals surface area (Å²) in [5, 5.41) is 8.68. The number of hydrogen-bond acceptors (Lipinski definition) is 2. The molecule has 0 atom stereocenters. The average molecular weight is 300 g/mol. The number of benzene rings is 2. The number of aliphatic hydroxyl groups is 1. The zero-order chi connectivity index (χ0) is 15.1. The molecule has 0 heterocycles. The first-order chi connectivity index (χ1) is 10.2. The van der Waals surface area contributed by atoms with E-state index in [1.165, 1.54) is 17.2 Å². The Balaban J connectivity index is 1.99. The maximum atomic E-state index is 13.5. The van der Waals surface area contributed by atoms with Gasteiger partial charge in [-0.1, -0.05) is 42.2 Å². The van der Waals surface area contributed by atoms with Crippen molar-refractivity contribution >= 4 is 11.8 Å². The van der Waals surface area contributed by atoms with Gasteiger partial charge in [-0.2, -0.15) is 11.8 Å². The van der Waals surface area contributed by atoms with Gasteiger partial charge in [0.2, 0.25) is 0 Å². The van der Waals surface area contributed by atoms with Crippen LogP contribution >= 0.6 is 11.8 Å². The molecular weight excluding hydrogens is 283 g/mol. The van der Waals surface area contributed by atoms with Crippen LogP contribution in [0, 0.1) is 24.6 Å². The summed E-state index contributed by atoms with van der Waals surface area (Å²) in [5.74, 6) is 6.51. The minimum atomic E-state index is -0.344. The SMILES string of the molecule is Cc1ccccc1CSCc1ccc(F)c(C#CCO)c1. The number of hydrogen-bond donors (Lipinski definition) is 1. The van der Waals surface area contributed by atoms with Gasteiger partial charge in [-0.3, -0.25) is 0 Å². The van der Waals surface area contributed by atoms with Crippen molar-refractivity contribution in [3.05, 3.63) is 70.5 Å². The average Bonchev–Trinajstić information content (AvgIpc) is 2.49. The second kappa shape index (κ2) is 7.87. The normalized spacial score (nSPS) is 10.0. The molecule has 0 fully saturated rings. The Morgan fingerprint density at radius 1 is 1.14 bits per heavy atom. The maximum Gasteiger partial charge on any atom is 0.138 e. The van der Waals surface area contributed by atoms with E-state index in [1.807, 2.05) is 12.1 Å². The summed E-state index contributed by atoms with van der Waals surface area (Å²) in [5.41, 5.74) is 4.00. The summed E-state index contributed by atoms with van der Waals surface area (Å²) in [4.78, 5) is 0. The summed E-state index contributed by atoms with van der Waals surface area (Å²) < 4.78 is 13.5. The Labute approximate surface area is 129 Å². The van der Waals surface area contributed by atoms with E-state index >= 15 is 0 Å². The van der Waals surface area contributed by atoms with Crippen molar-refractivity contribution in [2.45, 2.75) is 18.4 Å². The molecule has 2 aromatic carbocycles. The third-order valence-corrected chi connectivity index (χ3v) is 4.17. The van der Waals surface area contributed by atoms with Crippen LogP contribution in [0.15, 0.2) is 42.5 Å². The van der Waals surface area contributed by atoms with E-state index in [0.717, 1.165) is 17.1 Å². The zero-order valence-electron chi connectivity index (χ0n) is 11.9. The first kappa shape index (κ1) is 15.6. The van der Waals surface area contributed by atoms with Crippen LogP contribution in [0.5, 0.6) is 0 Å². The van der Waals surface area contributed by atoms with Gasteiger partial charge in [0.15, 0.2) is 0 Å². The molecule has 0 aliphatic carbocycles. The van der Waals surface area contributed by atoms with Gasteiger partial charge in [-0.15, -0.1) is 0 Å². The van der Waals surface area contributed by atoms with E-state index in [9.17, 15) is 4.39 Å². The highest BCUT2D eigenvalue weighted by atomic mass is 32.2. The summed E-state index contributed by atoms with van der Waals surface area (Å²) in [6.45, 7) is 1.85. The van der Waals surface area contributed by atoms with Gasteiger partial charge in [0, 0.05) is 11.5 Å². The second-order valence-corrected chi connectivity index (χ2v) is 5.68. The van der Waals surface area contributed by atoms with E-state index < -0.39 is 0 Å². The van der Waals surface area contributed by atoms with Crippen LogP contribution < -0.4 is 0 Å². The molecular formula is C18H17FOS.